The van der Waals surface area contributed by atoms with Gasteiger partial charge in [0.05, 0.1) is 6.61 Å². The zero-order valence-electron chi connectivity index (χ0n) is 16.3. The van der Waals surface area contributed by atoms with Crippen LogP contribution in [0.3, 0.4) is 0 Å². The number of aromatic nitrogens is 2. The van der Waals surface area contributed by atoms with Crippen molar-refractivity contribution < 1.29 is 14.3 Å². The third-order valence-corrected chi connectivity index (χ3v) is 4.05. The number of hydrogen-bond acceptors (Lipinski definition) is 6. The van der Waals surface area contributed by atoms with Crippen molar-refractivity contribution in [2.75, 3.05) is 6.61 Å². The maximum Gasteiger partial charge on any atom is 0.348 e. The van der Waals surface area contributed by atoms with Gasteiger partial charge in [0.2, 0.25) is 5.88 Å². The van der Waals surface area contributed by atoms with Crippen LogP contribution in [0.15, 0.2) is 53.0 Å². The van der Waals surface area contributed by atoms with Gasteiger partial charge in [-0.1, -0.05) is 12.1 Å². The number of benzene rings is 1. The van der Waals surface area contributed by atoms with Crippen molar-refractivity contribution in [3.05, 3.63) is 75.2 Å². The number of pyridine rings is 1. The average Bonchev–Trinajstić information content (AvgIpc) is 2.67. The Morgan fingerprint density at radius 1 is 1.24 bits per heavy atom. The predicted octanol–water partition coefficient (Wildman–Crippen LogP) is 3.57. The van der Waals surface area contributed by atoms with Crippen LogP contribution < -0.4 is 10.3 Å². The van der Waals surface area contributed by atoms with E-state index in [0.717, 1.165) is 17.2 Å². The first-order valence-electron chi connectivity index (χ1n) is 8.99. The third-order valence-electron chi connectivity index (χ3n) is 4.05. The number of hydrogen-bond donors (Lipinski definition) is 0. The molecule has 0 bridgehead atoms. The number of fused-ring (bicyclic) bond motifs is 1. The average molecular weight is 389 g/mol. The molecule has 29 heavy (non-hydrogen) atoms. The number of aryl methyl sites for hydroxylation is 2. The molecule has 0 saturated heterocycles. The van der Waals surface area contributed by atoms with Crippen LogP contribution in [0.5, 0.6) is 11.6 Å². The molecule has 0 unspecified atom stereocenters. The number of rotatable bonds is 5. The number of carbonyl (C=O) groups is 1. The van der Waals surface area contributed by atoms with Crippen LogP contribution in [-0.4, -0.2) is 22.0 Å². The van der Waals surface area contributed by atoms with Gasteiger partial charge in [0.1, 0.15) is 28.6 Å². The van der Waals surface area contributed by atoms with Gasteiger partial charge >= 0.3 is 5.97 Å². The van der Waals surface area contributed by atoms with Crippen molar-refractivity contribution in [2.45, 2.75) is 20.8 Å². The summed E-state index contributed by atoms with van der Waals surface area (Å²) in [5, 5.41) is 9.35. The zero-order valence-corrected chi connectivity index (χ0v) is 16.3. The van der Waals surface area contributed by atoms with Gasteiger partial charge in [-0.05, 0) is 62.2 Å². The molecule has 0 saturated carbocycles. The van der Waals surface area contributed by atoms with Crippen molar-refractivity contribution in [1.82, 2.24) is 9.38 Å². The number of carbonyl (C=O) groups excluding carboxylic acids is 1. The molecule has 7 heteroatoms. The first-order chi connectivity index (χ1) is 13.9. The molecule has 3 aromatic rings. The van der Waals surface area contributed by atoms with Crippen LogP contribution in [0.2, 0.25) is 0 Å². The van der Waals surface area contributed by atoms with E-state index in [2.05, 4.69) is 4.98 Å². The normalized spacial score (nSPS) is 11.2. The summed E-state index contributed by atoms with van der Waals surface area (Å²) in [5.74, 6) is -0.313. The summed E-state index contributed by atoms with van der Waals surface area (Å²) >= 11 is 0. The second-order valence-electron chi connectivity index (χ2n) is 6.38. The van der Waals surface area contributed by atoms with E-state index < -0.39 is 11.5 Å². The lowest BCUT2D eigenvalue weighted by Gasteiger charge is -2.11. The van der Waals surface area contributed by atoms with E-state index in [1.807, 2.05) is 32.0 Å². The van der Waals surface area contributed by atoms with Crippen LogP contribution in [0, 0.1) is 25.2 Å². The summed E-state index contributed by atoms with van der Waals surface area (Å²) in [6, 6.07) is 12.5. The monoisotopic (exact) mass is 389 g/mol. The van der Waals surface area contributed by atoms with Gasteiger partial charge < -0.3 is 9.47 Å². The molecule has 0 fully saturated rings. The van der Waals surface area contributed by atoms with Crippen LogP contribution in [0.4, 0.5) is 0 Å². The van der Waals surface area contributed by atoms with Crippen LogP contribution in [0.1, 0.15) is 23.6 Å². The SMILES string of the molecule is CCOC(=O)/C(C#N)=C/c1c(Oc2cc(C)cc(C)c2)nc2ccccn2c1=O. The Labute approximate surface area is 167 Å². The Morgan fingerprint density at radius 3 is 2.62 bits per heavy atom. The Hall–Kier alpha value is -3.92. The topological polar surface area (TPSA) is 93.7 Å². The largest absolute Gasteiger partial charge is 0.462 e. The lowest BCUT2D eigenvalue weighted by molar-refractivity contribution is -0.137. The highest BCUT2D eigenvalue weighted by Gasteiger charge is 2.18. The lowest BCUT2D eigenvalue weighted by Crippen LogP contribution is -2.19. The summed E-state index contributed by atoms with van der Waals surface area (Å²) in [6.07, 6.45) is 2.71. The second-order valence-corrected chi connectivity index (χ2v) is 6.38. The molecular weight excluding hydrogens is 370 g/mol. The van der Waals surface area contributed by atoms with E-state index >= 15 is 0 Å². The Bertz CT molecular complexity index is 1200. The van der Waals surface area contributed by atoms with Crippen molar-refractivity contribution >= 4 is 17.7 Å². The minimum absolute atomic E-state index is 0.00301. The van der Waals surface area contributed by atoms with Crippen molar-refractivity contribution in [3.63, 3.8) is 0 Å². The van der Waals surface area contributed by atoms with Crippen LogP contribution in [-0.2, 0) is 9.53 Å². The number of nitriles is 1. The van der Waals surface area contributed by atoms with E-state index in [-0.39, 0.29) is 23.6 Å². The molecule has 0 aliphatic heterocycles. The first-order valence-corrected chi connectivity index (χ1v) is 8.99. The van der Waals surface area contributed by atoms with Crippen LogP contribution in [0.25, 0.3) is 11.7 Å². The number of nitrogens with zero attached hydrogens (tertiary/aromatic N) is 3. The van der Waals surface area contributed by atoms with Gasteiger partial charge in [0, 0.05) is 6.20 Å². The number of ether oxygens (including phenoxy) is 2. The molecule has 3 rings (SSSR count). The Kier molecular flexibility index (Phi) is 5.74. The molecule has 0 radical (unpaired) electrons. The molecule has 0 atom stereocenters. The van der Waals surface area contributed by atoms with E-state index in [4.69, 9.17) is 9.47 Å². The highest BCUT2D eigenvalue weighted by atomic mass is 16.5. The molecule has 2 heterocycles. The molecule has 0 amide bonds. The maximum absolute atomic E-state index is 13.0. The highest BCUT2D eigenvalue weighted by Crippen LogP contribution is 2.26. The third kappa shape index (κ3) is 4.33. The van der Waals surface area contributed by atoms with Gasteiger partial charge in [0.25, 0.3) is 5.56 Å². The Balaban J connectivity index is 2.22. The predicted molar refractivity (Wildman–Crippen MR) is 108 cm³/mol. The van der Waals surface area contributed by atoms with E-state index in [1.54, 1.807) is 37.4 Å². The summed E-state index contributed by atoms with van der Waals surface area (Å²) in [7, 11) is 0. The minimum Gasteiger partial charge on any atom is -0.462 e. The molecule has 0 aliphatic carbocycles. The van der Waals surface area contributed by atoms with Crippen molar-refractivity contribution in [3.8, 4) is 17.7 Å². The van der Waals surface area contributed by atoms with E-state index in [9.17, 15) is 14.9 Å². The van der Waals surface area contributed by atoms with Gasteiger partial charge in [-0.2, -0.15) is 10.2 Å². The zero-order chi connectivity index (χ0) is 21.0. The molecule has 7 nitrogen and oxygen atoms in total. The molecule has 0 N–H and O–H groups in total. The minimum atomic E-state index is -0.815. The standard InChI is InChI=1S/C22H19N3O4/c1-4-28-22(27)16(13-23)12-18-20(29-17-10-14(2)9-15(3)11-17)24-19-7-5-6-8-25(19)21(18)26/h5-12H,4H2,1-3H3/b16-12+. The van der Waals surface area contributed by atoms with E-state index in [1.165, 1.54) is 4.40 Å². The second kappa shape index (κ2) is 8.40. The summed E-state index contributed by atoms with van der Waals surface area (Å²) in [4.78, 5) is 29.5. The fourth-order valence-corrected chi connectivity index (χ4v) is 2.88. The first kappa shape index (κ1) is 19.8. The lowest BCUT2D eigenvalue weighted by atomic mass is 10.1. The molecule has 0 aliphatic rings. The van der Waals surface area contributed by atoms with Gasteiger partial charge in [0.15, 0.2) is 0 Å². The van der Waals surface area contributed by atoms with Crippen molar-refractivity contribution in [2.24, 2.45) is 0 Å². The number of esters is 1. The van der Waals surface area contributed by atoms with Crippen LogP contribution >= 0.6 is 0 Å². The summed E-state index contributed by atoms with van der Waals surface area (Å²) in [5.41, 5.74) is 1.55. The fourth-order valence-electron chi connectivity index (χ4n) is 2.88. The smallest absolute Gasteiger partial charge is 0.348 e. The molecule has 146 valence electrons. The van der Waals surface area contributed by atoms with Gasteiger partial charge in [-0.3, -0.25) is 9.20 Å². The molecule has 1 aromatic carbocycles. The highest BCUT2D eigenvalue weighted by molar-refractivity contribution is 5.98. The van der Waals surface area contributed by atoms with Gasteiger partial charge in [-0.25, -0.2) is 4.79 Å². The summed E-state index contributed by atoms with van der Waals surface area (Å²) in [6.45, 7) is 5.60. The molecule has 0 spiro atoms. The maximum atomic E-state index is 13.0. The molecule has 2 aromatic heterocycles. The van der Waals surface area contributed by atoms with Crippen molar-refractivity contribution in [1.29, 1.82) is 5.26 Å². The Morgan fingerprint density at radius 2 is 1.97 bits per heavy atom. The fraction of sp³-hybridized carbons (Fsp3) is 0.182. The van der Waals surface area contributed by atoms with Gasteiger partial charge in [-0.15, -0.1) is 0 Å². The van der Waals surface area contributed by atoms with E-state index in [0.29, 0.717) is 11.4 Å². The summed E-state index contributed by atoms with van der Waals surface area (Å²) < 4.78 is 12.1. The molecular formula is C22H19N3O4. The quantitative estimate of drug-likeness (QED) is 0.376.